The number of rotatable bonds is 10. The smallest absolute Gasteiger partial charge is 0.296 e. The molecule has 5 aromatic rings. The number of hydrogen-bond donors (Lipinski definition) is 1. The SMILES string of the molecule is CCCCc1cn(-c2nncn2C(C)CC)c(=O)n1Cc1cc(-c2cccc(-c3nn[nH]n3)c2)ccn1. The van der Waals surface area contributed by atoms with Crippen LogP contribution in [0.5, 0.6) is 0 Å². The van der Waals surface area contributed by atoms with Crippen molar-refractivity contribution in [1.29, 1.82) is 0 Å². The van der Waals surface area contributed by atoms with Gasteiger partial charge in [-0.3, -0.25) is 14.1 Å². The lowest BCUT2D eigenvalue weighted by Gasteiger charge is -2.12. The summed E-state index contributed by atoms with van der Waals surface area (Å²) in [4.78, 5) is 18.2. The van der Waals surface area contributed by atoms with Gasteiger partial charge < -0.3 is 0 Å². The van der Waals surface area contributed by atoms with Crippen molar-refractivity contribution in [2.75, 3.05) is 0 Å². The van der Waals surface area contributed by atoms with Crippen LogP contribution < -0.4 is 5.69 Å². The number of hydrogen-bond acceptors (Lipinski definition) is 7. The zero-order valence-electron chi connectivity index (χ0n) is 21.2. The number of pyridine rings is 1. The Labute approximate surface area is 214 Å². The molecule has 0 amide bonds. The van der Waals surface area contributed by atoms with Crippen LogP contribution >= 0.6 is 0 Å². The van der Waals surface area contributed by atoms with Crippen molar-refractivity contribution in [3.05, 3.63) is 77.0 Å². The average Bonchev–Trinajstić information content (AvgIpc) is 3.69. The predicted molar refractivity (Wildman–Crippen MR) is 139 cm³/mol. The van der Waals surface area contributed by atoms with E-state index in [1.54, 1.807) is 21.7 Å². The standard InChI is InChI=1S/C26H30N10O/c1-4-6-10-23-16-35(25-31-28-17-36(25)18(3)5-2)26(37)34(23)15-22-14-20(11-12-27-22)19-8-7-9-21(13-19)24-29-32-33-30-24/h7-9,11-14,16-18H,4-6,10,15H2,1-3H3,(H,29,30,32,33). The second-order valence-corrected chi connectivity index (χ2v) is 9.11. The Morgan fingerprint density at radius 2 is 1.89 bits per heavy atom. The van der Waals surface area contributed by atoms with Gasteiger partial charge in [-0.1, -0.05) is 38.5 Å². The Morgan fingerprint density at radius 1 is 1.05 bits per heavy atom. The van der Waals surface area contributed by atoms with Gasteiger partial charge in [0, 0.05) is 29.7 Å². The molecule has 0 fully saturated rings. The number of tetrazole rings is 1. The molecular weight excluding hydrogens is 468 g/mol. The van der Waals surface area contributed by atoms with E-state index in [4.69, 9.17) is 0 Å². The molecule has 4 heterocycles. The normalized spacial score (nSPS) is 12.2. The summed E-state index contributed by atoms with van der Waals surface area (Å²) < 4.78 is 5.36. The number of aryl methyl sites for hydroxylation is 1. The topological polar surface area (TPSA) is 125 Å². The van der Waals surface area contributed by atoms with Gasteiger partial charge >= 0.3 is 5.69 Å². The van der Waals surface area contributed by atoms with E-state index in [-0.39, 0.29) is 11.7 Å². The monoisotopic (exact) mass is 498 g/mol. The summed E-state index contributed by atoms with van der Waals surface area (Å²) in [7, 11) is 0. The van der Waals surface area contributed by atoms with E-state index < -0.39 is 0 Å². The summed E-state index contributed by atoms with van der Waals surface area (Å²) in [5, 5.41) is 22.6. The quantitative estimate of drug-likeness (QED) is 0.310. The molecule has 0 aliphatic heterocycles. The first-order chi connectivity index (χ1) is 18.1. The van der Waals surface area contributed by atoms with Crippen LogP contribution in [0.2, 0.25) is 0 Å². The van der Waals surface area contributed by atoms with E-state index in [1.165, 1.54) is 0 Å². The van der Waals surface area contributed by atoms with Gasteiger partial charge in [-0.25, -0.2) is 9.36 Å². The fourth-order valence-electron chi connectivity index (χ4n) is 4.34. The molecule has 0 saturated carbocycles. The van der Waals surface area contributed by atoms with E-state index >= 15 is 0 Å². The van der Waals surface area contributed by atoms with Crippen LogP contribution in [0.15, 0.2) is 59.9 Å². The maximum atomic E-state index is 13.6. The molecule has 37 heavy (non-hydrogen) atoms. The molecule has 1 atom stereocenters. The fraction of sp³-hybridized carbons (Fsp3) is 0.346. The lowest BCUT2D eigenvalue weighted by Crippen LogP contribution is -2.27. The van der Waals surface area contributed by atoms with Crippen LogP contribution in [0.4, 0.5) is 0 Å². The lowest BCUT2D eigenvalue weighted by molar-refractivity contribution is 0.516. The molecule has 0 saturated heterocycles. The van der Waals surface area contributed by atoms with Crippen LogP contribution in [-0.4, -0.2) is 49.5 Å². The molecule has 0 aliphatic carbocycles. The molecule has 0 aliphatic rings. The first-order valence-electron chi connectivity index (χ1n) is 12.6. The van der Waals surface area contributed by atoms with Gasteiger partial charge in [0.15, 0.2) is 0 Å². The Balaban J connectivity index is 1.50. The highest BCUT2D eigenvalue weighted by Crippen LogP contribution is 2.25. The van der Waals surface area contributed by atoms with E-state index in [0.717, 1.165) is 53.8 Å². The van der Waals surface area contributed by atoms with Crippen LogP contribution in [0.1, 0.15) is 57.5 Å². The summed E-state index contributed by atoms with van der Waals surface area (Å²) >= 11 is 0. The number of unbranched alkanes of at least 4 members (excludes halogenated alkanes) is 1. The van der Waals surface area contributed by atoms with Gasteiger partial charge in [0.25, 0.3) is 0 Å². The van der Waals surface area contributed by atoms with Crippen molar-refractivity contribution < 1.29 is 0 Å². The van der Waals surface area contributed by atoms with Crippen LogP contribution in [0.25, 0.3) is 28.5 Å². The second-order valence-electron chi connectivity index (χ2n) is 9.11. The number of nitrogens with one attached hydrogen (secondary N) is 1. The summed E-state index contributed by atoms with van der Waals surface area (Å²) in [6.07, 6.45) is 9.09. The van der Waals surface area contributed by atoms with Gasteiger partial charge in [-0.15, -0.1) is 20.4 Å². The maximum Gasteiger partial charge on any atom is 0.335 e. The second kappa shape index (κ2) is 10.7. The Bertz CT molecular complexity index is 1530. The molecule has 11 nitrogen and oxygen atoms in total. The molecular formula is C26H30N10O. The van der Waals surface area contributed by atoms with E-state index in [2.05, 4.69) is 56.6 Å². The molecule has 1 N–H and O–H groups in total. The zero-order valence-corrected chi connectivity index (χ0v) is 21.2. The highest BCUT2D eigenvalue weighted by atomic mass is 16.2. The fourth-order valence-corrected chi connectivity index (χ4v) is 4.34. The van der Waals surface area contributed by atoms with Crippen molar-refractivity contribution in [2.24, 2.45) is 0 Å². The first-order valence-corrected chi connectivity index (χ1v) is 12.6. The van der Waals surface area contributed by atoms with Crippen molar-refractivity contribution in [2.45, 2.75) is 59.0 Å². The number of imidazole rings is 1. The van der Waals surface area contributed by atoms with Crippen LogP contribution in [0.3, 0.4) is 0 Å². The van der Waals surface area contributed by atoms with E-state index in [9.17, 15) is 4.79 Å². The third-order valence-electron chi connectivity index (χ3n) is 6.62. The van der Waals surface area contributed by atoms with Gasteiger partial charge in [0.1, 0.15) is 6.33 Å². The molecule has 5 rings (SSSR count). The molecule has 0 spiro atoms. The Hall–Kier alpha value is -4.41. The maximum absolute atomic E-state index is 13.6. The number of H-pyrrole nitrogens is 1. The zero-order chi connectivity index (χ0) is 25.8. The van der Waals surface area contributed by atoms with Gasteiger partial charge in [-0.05, 0) is 60.7 Å². The number of nitrogens with zero attached hydrogens (tertiary/aromatic N) is 9. The third kappa shape index (κ3) is 4.97. The Morgan fingerprint density at radius 3 is 2.68 bits per heavy atom. The molecule has 11 heteroatoms. The summed E-state index contributed by atoms with van der Waals surface area (Å²) in [6.45, 7) is 6.70. The third-order valence-corrected chi connectivity index (χ3v) is 6.62. The average molecular weight is 499 g/mol. The highest BCUT2D eigenvalue weighted by molar-refractivity contribution is 5.70. The molecule has 0 radical (unpaired) electrons. The van der Waals surface area contributed by atoms with Gasteiger partial charge in [-0.2, -0.15) is 5.21 Å². The summed E-state index contributed by atoms with van der Waals surface area (Å²) in [6, 6.07) is 12.1. The lowest BCUT2D eigenvalue weighted by atomic mass is 10.0. The highest BCUT2D eigenvalue weighted by Gasteiger charge is 2.19. The van der Waals surface area contributed by atoms with Crippen molar-refractivity contribution in [3.63, 3.8) is 0 Å². The minimum atomic E-state index is -0.144. The number of benzene rings is 1. The Kier molecular flexibility index (Phi) is 7.02. The van der Waals surface area contributed by atoms with Crippen molar-refractivity contribution >= 4 is 0 Å². The molecule has 0 bridgehead atoms. The van der Waals surface area contributed by atoms with E-state index in [0.29, 0.717) is 18.3 Å². The van der Waals surface area contributed by atoms with Crippen molar-refractivity contribution in [3.8, 4) is 28.5 Å². The molecule has 1 unspecified atom stereocenters. The van der Waals surface area contributed by atoms with Crippen LogP contribution in [-0.2, 0) is 13.0 Å². The van der Waals surface area contributed by atoms with E-state index in [1.807, 2.05) is 47.2 Å². The minimum Gasteiger partial charge on any atom is -0.296 e. The molecule has 4 aromatic heterocycles. The van der Waals surface area contributed by atoms with Gasteiger partial charge in [0.05, 0.1) is 12.2 Å². The number of aromatic nitrogens is 10. The minimum absolute atomic E-state index is 0.144. The summed E-state index contributed by atoms with van der Waals surface area (Å²) in [5.41, 5.74) is 4.47. The largest absolute Gasteiger partial charge is 0.335 e. The molecule has 1 aromatic carbocycles. The summed E-state index contributed by atoms with van der Waals surface area (Å²) in [5.74, 6) is 1.07. The van der Waals surface area contributed by atoms with Crippen LogP contribution in [0, 0.1) is 0 Å². The number of aromatic amines is 1. The molecule has 190 valence electrons. The van der Waals surface area contributed by atoms with Crippen molar-refractivity contribution in [1.82, 2.24) is 49.5 Å². The first kappa shape index (κ1) is 24.3. The predicted octanol–water partition coefficient (Wildman–Crippen LogP) is 3.83. The van der Waals surface area contributed by atoms with Gasteiger partial charge in [0.2, 0.25) is 11.8 Å².